The predicted molar refractivity (Wildman–Crippen MR) is 62.9 cm³/mol. The second-order valence-electron chi connectivity index (χ2n) is 3.53. The molecule has 0 radical (unpaired) electrons. The van der Waals surface area contributed by atoms with E-state index in [4.69, 9.17) is 17.3 Å². The molecule has 0 aliphatic rings. The molecule has 15 heavy (non-hydrogen) atoms. The number of nitrogen functional groups attached to an aromatic ring is 1. The number of halogens is 1. The first-order valence-corrected chi connectivity index (χ1v) is 5.04. The molecule has 0 aliphatic carbocycles. The SMILES string of the molecule is Cc1nc(-c2cc(Cl)ccc2N)[nH]c1C. The molecule has 0 fully saturated rings. The van der Waals surface area contributed by atoms with Crippen molar-refractivity contribution in [1.29, 1.82) is 0 Å². The van der Waals surface area contributed by atoms with Gasteiger partial charge in [0.15, 0.2) is 0 Å². The summed E-state index contributed by atoms with van der Waals surface area (Å²) in [7, 11) is 0. The Morgan fingerprint density at radius 2 is 2.07 bits per heavy atom. The third kappa shape index (κ3) is 1.83. The quantitative estimate of drug-likeness (QED) is 0.728. The Bertz CT molecular complexity index is 483. The van der Waals surface area contributed by atoms with Crippen LogP contribution in [-0.2, 0) is 0 Å². The van der Waals surface area contributed by atoms with Crippen molar-refractivity contribution in [2.75, 3.05) is 5.73 Å². The van der Waals surface area contributed by atoms with Crippen LogP contribution in [0.1, 0.15) is 11.4 Å². The number of aromatic nitrogens is 2. The number of aryl methyl sites for hydroxylation is 2. The van der Waals surface area contributed by atoms with E-state index in [-0.39, 0.29) is 0 Å². The Balaban J connectivity index is 2.58. The zero-order valence-corrected chi connectivity index (χ0v) is 9.39. The topological polar surface area (TPSA) is 54.7 Å². The standard InChI is InChI=1S/C11H12ClN3/c1-6-7(2)15-11(14-6)9-5-8(12)3-4-10(9)13/h3-5H,13H2,1-2H3,(H,14,15). The molecule has 3 N–H and O–H groups in total. The van der Waals surface area contributed by atoms with Crippen molar-refractivity contribution in [3.05, 3.63) is 34.6 Å². The van der Waals surface area contributed by atoms with Crippen molar-refractivity contribution >= 4 is 17.3 Å². The summed E-state index contributed by atoms with van der Waals surface area (Å²) in [4.78, 5) is 7.57. The second-order valence-corrected chi connectivity index (χ2v) is 3.96. The first-order valence-electron chi connectivity index (χ1n) is 4.66. The molecule has 0 amide bonds. The lowest BCUT2D eigenvalue weighted by molar-refractivity contribution is 1.22. The fourth-order valence-electron chi connectivity index (χ4n) is 1.41. The van der Waals surface area contributed by atoms with Gasteiger partial charge in [0.1, 0.15) is 5.82 Å². The Morgan fingerprint density at radius 1 is 1.33 bits per heavy atom. The number of hydrogen-bond donors (Lipinski definition) is 2. The second kappa shape index (κ2) is 3.59. The van der Waals surface area contributed by atoms with Crippen LogP contribution in [0.2, 0.25) is 5.02 Å². The molecule has 0 bridgehead atoms. The Labute approximate surface area is 93.3 Å². The highest BCUT2D eigenvalue weighted by molar-refractivity contribution is 6.31. The number of nitrogens with zero attached hydrogens (tertiary/aromatic N) is 1. The minimum atomic E-state index is 0.658. The maximum absolute atomic E-state index is 5.92. The fraction of sp³-hybridized carbons (Fsp3) is 0.182. The third-order valence-electron chi connectivity index (χ3n) is 2.40. The van der Waals surface area contributed by atoms with E-state index in [0.717, 1.165) is 22.8 Å². The van der Waals surface area contributed by atoms with Crippen molar-refractivity contribution in [1.82, 2.24) is 9.97 Å². The maximum Gasteiger partial charge on any atom is 0.139 e. The van der Waals surface area contributed by atoms with Gasteiger partial charge in [0.25, 0.3) is 0 Å². The zero-order chi connectivity index (χ0) is 11.0. The molecule has 1 aromatic heterocycles. The predicted octanol–water partition coefficient (Wildman–Crippen LogP) is 2.93. The number of nitrogens with two attached hydrogens (primary N) is 1. The Morgan fingerprint density at radius 3 is 2.67 bits per heavy atom. The molecule has 0 saturated heterocycles. The zero-order valence-electron chi connectivity index (χ0n) is 8.63. The van der Waals surface area contributed by atoms with E-state index in [1.807, 2.05) is 19.9 Å². The van der Waals surface area contributed by atoms with Crippen molar-refractivity contribution in [2.45, 2.75) is 13.8 Å². The molecule has 0 aliphatic heterocycles. The van der Waals surface area contributed by atoms with E-state index >= 15 is 0 Å². The van der Waals surface area contributed by atoms with Crippen LogP contribution >= 0.6 is 11.6 Å². The third-order valence-corrected chi connectivity index (χ3v) is 2.63. The molecule has 4 heteroatoms. The highest BCUT2D eigenvalue weighted by atomic mass is 35.5. The van der Waals surface area contributed by atoms with Crippen molar-refractivity contribution in [3.8, 4) is 11.4 Å². The molecule has 3 nitrogen and oxygen atoms in total. The Kier molecular flexibility index (Phi) is 2.40. The number of imidazole rings is 1. The smallest absolute Gasteiger partial charge is 0.139 e. The number of aromatic amines is 1. The lowest BCUT2D eigenvalue weighted by atomic mass is 10.2. The minimum absolute atomic E-state index is 0.658. The molecule has 0 spiro atoms. The molecule has 1 aromatic carbocycles. The van der Waals surface area contributed by atoms with Gasteiger partial charge in [-0.3, -0.25) is 0 Å². The summed E-state index contributed by atoms with van der Waals surface area (Å²) in [5.41, 5.74) is 9.40. The summed E-state index contributed by atoms with van der Waals surface area (Å²) in [6, 6.07) is 5.36. The number of H-pyrrole nitrogens is 1. The van der Waals surface area contributed by atoms with Gasteiger partial charge >= 0.3 is 0 Å². The van der Waals surface area contributed by atoms with Gasteiger partial charge in [-0.15, -0.1) is 0 Å². The van der Waals surface area contributed by atoms with Crippen molar-refractivity contribution in [3.63, 3.8) is 0 Å². The first-order chi connectivity index (χ1) is 7.08. The lowest BCUT2D eigenvalue weighted by Gasteiger charge is -2.02. The van der Waals surface area contributed by atoms with E-state index in [1.54, 1.807) is 12.1 Å². The molecule has 0 unspecified atom stereocenters. The lowest BCUT2D eigenvalue weighted by Crippen LogP contribution is -1.91. The Hall–Kier alpha value is -1.48. The fourth-order valence-corrected chi connectivity index (χ4v) is 1.58. The monoisotopic (exact) mass is 221 g/mol. The average molecular weight is 222 g/mol. The summed E-state index contributed by atoms with van der Waals surface area (Å²) in [5.74, 6) is 0.769. The van der Waals surface area contributed by atoms with E-state index < -0.39 is 0 Å². The van der Waals surface area contributed by atoms with Gasteiger partial charge in [0.05, 0.1) is 5.69 Å². The van der Waals surface area contributed by atoms with Crippen LogP contribution in [0.5, 0.6) is 0 Å². The highest BCUT2D eigenvalue weighted by Crippen LogP contribution is 2.27. The van der Waals surface area contributed by atoms with Crippen LogP contribution in [-0.4, -0.2) is 9.97 Å². The van der Waals surface area contributed by atoms with Gasteiger partial charge in [0, 0.05) is 22.0 Å². The molecule has 1 heterocycles. The number of nitrogens with one attached hydrogen (secondary N) is 1. The summed E-state index contributed by atoms with van der Waals surface area (Å²) < 4.78 is 0. The van der Waals surface area contributed by atoms with Crippen molar-refractivity contribution < 1.29 is 0 Å². The van der Waals surface area contributed by atoms with Gasteiger partial charge in [0.2, 0.25) is 0 Å². The molecule has 0 saturated carbocycles. The molecule has 78 valence electrons. The van der Waals surface area contributed by atoms with Gasteiger partial charge < -0.3 is 10.7 Å². The number of hydrogen-bond acceptors (Lipinski definition) is 2. The molecular formula is C11H12ClN3. The van der Waals surface area contributed by atoms with Crippen LogP contribution in [0.15, 0.2) is 18.2 Å². The van der Waals surface area contributed by atoms with Crippen LogP contribution in [0, 0.1) is 13.8 Å². The number of rotatable bonds is 1. The molecular weight excluding hydrogens is 210 g/mol. The van der Waals surface area contributed by atoms with Crippen LogP contribution in [0.3, 0.4) is 0 Å². The normalized spacial score (nSPS) is 10.6. The summed E-state index contributed by atoms with van der Waals surface area (Å²) >= 11 is 5.92. The van der Waals surface area contributed by atoms with Gasteiger partial charge in [-0.25, -0.2) is 4.98 Å². The van der Waals surface area contributed by atoms with E-state index in [2.05, 4.69) is 9.97 Å². The minimum Gasteiger partial charge on any atom is -0.398 e. The van der Waals surface area contributed by atoms with Gasteiger partial charge in [-0.05, 0) is 32.0 Å². The molecule has 2 aromatic rings. The van der Waals surface area contributed by atoms with E-state index in [9.17, 15) is 0 Å². The summed E-state index contributed by atoms with van der Waals surface area (Å²) in [5, 5.41) is 0.658. The largest absolute Gasteiger partial charge is 0.398 e. The van der Waals surface area contributed by atoms with Crippen LogP contribution < -0.4 is 5.73 Å². The summed E-state index contributed by atoms with van der Waals surface area (Å²) in [6.07, 6.45) is 0. The maximum atomic E-state index is 5.92. The number of anilines is 1. The van der Waals surface area contributed by atoms with Crippen molar-refractivity contribution in [2.24, 2.45) is 0 Å². The molecule has 2 rings (SSSR count). The highest BCUT2D eigenvalue weighted by Gasteiger charge is 2.08. The van der Waals surface area contributed by atoms with E-state index in [0.29, 0.717) is 10.7 Å². The van der Waals surface area contributed by atoms with Gasteiger partial charge in [-0.1, -0.05) is 11.6 Å². The van der Waals surface area contributed by atoms with E-state index in [1.165, 1.54) is 0 Å². The van der Waals surface area contributed by atoms with Crippen LogP contribution in [0.4, 0.5) is 5.69 Å². The van der Waals surface area contributed by atoms with Gasteiger partial charge in [-0.2, -0.15) is 0 Å². The number of benzene rings is 1. The first kappa shape index (κ1) is 10.1. The average Bonchev–Trinajstić information content (AvgIpc) is 2.51. The van der Waals surface area contributed by atoms with Crippen LogP contribution in [0.25, 0.3) is 11.4 Å². The summed E-state index contributed by atoms with van der Waals surface area (Å²) in [6.45, 7) is 3.93. The molecule has 0 atom stereocenters.